The Morgan fingerprint density at radius 3 is 2.00 bits per heavy atom. The minimum atomic E-state index is -0.184. The Morgan fingerprint density at radius 2 is 1.47 bits per heavy atom. The van der Waals surface area contributed by atoms with Crippen molar-refractivity contribution < 1.29 is 4.79 Å². The third-order valence-corrected chi connectivity index (χ3v) is 4.60. The highest BCUT2D eigenvalue weighted by atomic mass is 16.2. The van der Waals surface area contributed by atoms with Crippen LogP contribution in [0.4, 0.5) is 4.79 Å². The van der Waals surface area contributed by atoms with Gasteiger partial charge in [0.1, 0.15) is 0 Å². The van der Waals surface area contributed by atoms with Crippen molar-refractivity contribution in [2.45, 2.75) is 76.8 Å². The minimum Gasteiger partial charge on any atom is -0.351 e. The Labute approximate surface area is 105 Å². The van der Waals surface area contributed by atoms with Crippen molar-refractivity contribution in [3.63, 3.8) is 0 Å². The van der Waals surface area contributed by atoms with Crippen molar-refractivity contribution >= 4 is 6.03 Å². The molecule has 2 amide bonds. The molecule has 3 heteroatoms. The van der Waals surface area contributed by atoms with Crippen LogP contribution in [-0.4, -0.2) is 23.0 Å². The number of carbonyl (C=O) groups is 1. The second-order valence-corrected chi connectivity index (χ2v) is 5.95. The highest BCUT2D eigenvalue weighted by molar-refractivity contribution is 5.72. The molecule has 0 heterocycles. The van der Waals surface area contributed by atoms with Crippen LogP contribution in [0.15, 0.2) is 0 Å². The van der Waals surface area contributed by atoms with Crippen LogP contribution >= 0.6 is 0 Å². The van der Waals surface area contributed by atoms with E-state index in [0.29, 0.717) is 12.1 Å². The van der Waals surface area contributed by atoms with Crippen LogP contribution < -0.4 is 5.73 Å². The van der Waals surface area contributed by atoms with E-state index in [4.69, 9.17) is 5.73 Å². The van der Waals surface area contributed by atoms with Crippen LogP contribution in [0.3, 0.4) is 0 Å². The average Bonchev–Trinajstić information content (AvgIpc) is 2.33. The summed E-state index contributed by atoms with van der Waals surface area (Å²) in [5.74, 6) is 0.826. The molecule has 2 fully saturated rings. The molecular weight excluding hydrogens is 212 g/mol. The first kappa shape index (κ1) is 12.7. The molecule has 17 heavy (non-hydrogen) atoms. The lowest BCUT2D eigenvalue weighted by Gasteiger charge is -2.41. The lowest BCUT2D eigenvalue weighted by molar-refractivity contribution is 0.103. The smallest absolute Gasteiger partial charge is 0.315 e. The number of hydrogen-bond donors (Lipinski definition) is 1. The van der Waals surface area contributed by atoms with E-state index in [2.05, 4.69) is 6.92 Å². The summed E-state index contributed by atoms with van der Waals surface area (Å²) in [7, 11) is 0. The average molecular weight is 238 g/mol. The first-order valence-corrected chi connectivity index (χ1v) is 7.26. The van der Waals surface area contributed by atoms with Crippen LogP contribution in [0.1, 0.15) is 64.7 Å². The van der Waals surface area contributed by atoms with Gasteiger partial charge in [-0.05, 0) is 44.4 Å². The molecule has 0 unspecified atom stereocenters. The van der Waals surface area contributed by atoms with Crippen LogP contribution in [0.25, 0.3) is 0 Å². The molecule has 0 aliphatic heterocycles. The Morgan fingerprint density at radius 1 is 0.941 bits per heavy atom. The number of nitrogens with zero attached hydrogens (tertiary/aromatic N) is 1. The third kappa shape index (κ3) is 3.14. The van der Waals surface area contributed by atoms with Crippen molar-refractivity contribution in [2.24, 2.45) is 11.7 Å². The summed E-state index contributed by atoms with van der Waals surface area (Å²) < 4.78 is 0. The Balaban J connectivity index is 1.98. The van der Waals surface area contributed by atoms with E-state index in [9.17, 15) is 4.79 Å². The minimum absolute atomic E-state index is 0.184. The molecule has 0 aromatic carbocycles. The molecule has 2 aliphatic rings. The molecule has 98 valence electrons. The number of nitrogens with two attached hydrogens (primary N) is 1. The van der Waals surface area contributed by atoms with E-state index in [-0.39, 0.29) is 6.03 Å². The molecule has 2 rings (SSSR count). The number of carbonyl (C=O) groups excluding carboxylic acids is 1. The molecule has 2 N–H and O–H groups in total. The zero-order valence-electron chi connectivity index (χ0n) is 11.0. The molecule has 0 radical (unpaired) electrons. The summed E-state index contributed by atoms with van der Waals surface area (Å²) >= 11 is 0. The summed E-state index contributed by atoms with van der Waals surface area (Å²) in [6, 6.07) is 0.669. The van der Waals surface area contributed by atoms with Gasteiger partial charge >= 0.3 is 6.03 Å². The Bertz CT molecular complexity index is 253. The largest absolute Gasteiger partial charge is 0.351 e. The third-order valence-electron chi connectivity index (χ3n) is 4.60. The SMILES string of the molecule is CC1CCC(N(C(N)=O)C2CCCCC2)CC1. The fourth-order valence-corrected chi connectivity index (χ4v) is 3.54. The van der Waals surface area contributed by atoms with Crippen molar-refractivity contribution in [1.29, 1.82) is 0 Å². The van der Waals surface area contributed by atoms with Gasteiger partial charge < -0.3 is 10.6 Å². The maximum Gasteiger partial charge on any atom is 0.315 e. The predicted octanol–water partition coefficient (Wildman–Crippen LogP) is 3.28. The van der Waals surface area contributed by atoms with Crippen molar-refractivity contribution in [1.82, 2.24) is 4.90 Å². The van der Waals surface area contributed by atoms with Gasteiger partial charge in [-0.25, -0.2) is 4.79 Å². The van der Waals surface area contributed by atoms with Crippen LogP contribution in [-0.2, 0) is 0 Å². The second-order valence-electron chi connectivity index (χ2n) is 5.95. The van der Waals surface area contributed by atoms with Gasteiger partial charge in [-0.15, -0.1) is 0 Å². The maximum absolute atomic E-state index is 11.7. The quantitative estimate of drug-likeness (QED) is 0.788. The summed E-state index contributed by atoms with van der Waals surface area (Å²) in [4.78, 5) is 13.8. The fourth-order valence-electron chi connectivity index (χ4n) is 3.54. The number of urea groups is 1. The number of rotatable bonds is 2. The summed E-state index contributed by atoms with van der Waals surface area (Å²) in [5, 5.41) is 0. The van der Waals surface area contributed by atoms with Gasteiger partial charge in [-0.3, -0.25) is 0 Å². The Hall–Kier alpha value is -0.730. The van der Waals surface area contributed by atoms with Crippen molar-refractivity contribution in [3.05, 3.63) is 0 Å². The number of hydrogen-bond acceptors (Lipinski definition) is 1. The molecule has 0 bridgehead atoms. The van der Waals surface area contributed by atoms with E-state index < -0.39 is 0 Å². The normalized spacial score (nSPS) is 31.1. The lowest BCUT2D eigenvalue weighted by atomic mass is 9.84. The zero-order chi connectivity index (χ0) is 12.3. The summed E-state index contributed by atoms with van der Waals surface area (Å²) in [6.07, 6.45) is 11.0. The molecule has 0 aromatic rings. The molecule has 0 atom stereocenters. The molecule has 0 saturated heterocycles. The van der Waals surface area contributed by atoms with Gasteiger partial charge in [-0.2, -0.15) is 0 Å². The van der Waals surface area contributed by atoms with Gasteiger partial charge in [0.25, 0.3) is 0 Å². The van der Waals surface area contributed by atoms with Gasteiger partial charge in [0.15, 0.2) is 0 Å². The van der Waals surface area contributed by atoms with Crippen LogP contribution in [0.5, 0.6) is 0 Å². The van der Waals surface area contributed by atoms with Gasteiger partial charge in [-0.1, -0.05) is 26.2 Å². The molecule has 3 nitrogen and oxygen atoms in total. The summed E-state index contributed by atoms with van der Waals surface area (Å²) in [5.41, 5.74) is 5.62. The zero-order valence-corrected chi connectivity index (χ0v) is 11.0. The molecule has 0 aromatic heterocycles. The summed E-state index contributed by atoms with van der Waals surface area (Å²) in [6.45, 7) is 2.31. The second kappa shape index (κ2) is 5.74. The van der Waals surface area contributed by atoms with Crippen LogP contribution in [0.2, 0.25) is 0 Å². The van der Waals surface area contributed by atoms with Gasteiger partial charge in [0.2, 0.25) is 0 Å². The monoisotopic (exact) mass is 238 g/mol. The van der Waals surface area contributed by atoms with E-state index in [1.165, 1.54) is 32.1 Å². The highest BCUT2D eigenvalue weighted by Crippen LogP contribution is 2.31. The fraction of sp³-hybridized carbons (Fsp3) is 0.929. The van der Waals surface area contributed by atoms with Crippen LogP contribution in [0, 0.1) is 5.92 Å². The van der Waals surface area contributed by atoms with E-state index in [1.807, 2.05) is 4.90 Å². The van der Waals surface area contributed by atoms with Crippen molar-refractivity contribution in [2.75, 3.05) is 0 Å². The van der Waals surface area contributed by atoms with Crippen molar-refractivity contribution in [3.8, 4) is 0 Å². The van der Waals surface area contributed by atoms with Gasteiger partial charge in [0, 0.05) is 12.1 Å². The molecule has 0 spiro atoms. The van der Waals surface area contributed by atoms with Gasteiger partial charge in [0.05, 0.1) is 0 Å². The van der Waals surface area contributed by atoms with E-state index in [1.54, 1.807) is 0 Å². The van der Waals surface area contributed by atoms with E-state index >= 15 is 0 Å². The first-order valence-electron chi connectivity index (χ1n) is 7.26. The topological polar surface area (TPSA) is 46.3 Å². The molecule has 2 saturated carbocycles. The number of primary amides is 1. The van der Waals surface area contributed by atoms with E-state index in [0.717, 1.165) is 31.6 Å². The molecule has 2 aliphatic carbocycles. The standard InChI is InChI=1S/C14H26N2O/c1-11-7-9-13(10-8-11)16(14(15)17)12-5-3-2-4-6-12/h11-13H,2-10H2,1H3,(H2,15,17). The maximum atomic E-state index is 11.7. The highest BCUT2D eigenvalue weighted by Gasteiger charge is 2.32. The lowest BCUT2D eigenvalue weighted by Crippen LogP contribution is -2.51. The Kier molecular flexibility index (Phi) is 4.30. The molecular formula is C14H26N2O. The first-order chi connectivity index (χ1) is 8.18. The predicted molar refractivity (Wildman–Crippen MR) is 69.7 cm³/mol. The number of amides is 2.